The molecule has 106 valence electrons. The molecule has 0 radical (unpaired) electrons. The van der Waals surface area contributed by atoms with Gasteiger partial charge in [-0.2, -0.15) is 5.26 Å². The van der Waals surface area contributed by atoms with Gasteiger partial charge >= 0.3 is 0 Å². The zero-order valence-electron chi connectivity index (χ0n) is 11.4. The highest BCUT2D eigenvalue weighted by molar-refractivity contribution is 7.95. The van der Waals surface area contributed by atoms with Crippen LogP contribution in [0.4, 0.5) is 5.69 Å². The minimum atomic E-state index is -3.79. The van der Waals surface area contributed by atoms with Crippen LogP contribution in [0.15, 0.2) is 70.6 Å². The lowest BCUT2D eigenvalue weighted by atomic mass is 10.2. The van der Waals surface area contributed by atoms with E-state index in [1.165, 1.54) is 18.3 Å². The van der Waals surface area contributed by atoms with Crippen LogP contribution in [0.5, 0.6) is 0 Å². The molecule has 4 nitrogen and oxygen atoms in total. The molecule has 0 atom stereocenters. The first kappa shape index (κ1) is 14.8. The van der Waals surface area contributed by atoms with E-state index >= 15 is 0 Å². The van der Waals surface area contributed by atoms with E-state index in [4.69, 9.17) is 5.26 Å². The van der Waals surface area contributed by atoms with Crippen LogP contribution in [-0.4, -0.2) is 8.42 Å². The van der Waals surface area contributed by atoms with Gasteiger partial charge in [0.05, 0.1) is 4.90 Å². The van der Waals surface area contributed by atoms with Crippen LogP contribution in [0, 0.1) is 18.3 Å². The predicted molar refractivity (Wildman–Crippen MR) is 82.1 cm³/mol. The lowest BCUT2D eigenvalue weighted by molar-refractivity contribution is 0.603. The molecule has 0 aromatic heterocycles. The molecule has 5 heteroatoms. The van der Waals surface area contributed by atoms with Gasteiger partial charge in [-0.3, -0.25) is 0 Å². The summed E-state index contributed by atoms with van der Waals surface area (Å²) in [5, 5.41) is 11.9. The molecule has 0 heterocycles. The zero-order valence-corrected chi connectivity index (χ0v) is 12.3. The van der Waals surface area contributed by atoms with Crippen molar-refractivity contribution in [2.45, 2.75) is 11.8 Å². The molecule has 0 fully saturated rings. The Bertz CT molecular complexity index is 786. The number of nitrogens with one attached hydrogen (secondary N) is 1. The third-order valence-corrected chi connectivity index (χ3v) is 4.56. The summed E-state index contributed by atoms with van der Waals surface area (Å²) in [6.45, 7) is 1.96. The van der Waals surface area contributed by atoms with Gasteiger partial charge < -0.3 is 5.32 Å². The van der Waals surface area contributed by atoms with Crippen LogP contribution in [0.1, 0.15) is 5.56 Å². The van der Waals surface area contributed by atoms with Gasteiger partial charge in [0.2, 0.25) is 9.84 Å². The molecule has 2 aromatic carbocycles. The lowest BCUT2D eigenvalue weighted by Gasteiger charge is -2.05. The number of benzene rings is 2. The van der Waals surface area contributed by atoms with E-state index in [2.05, 4.69) is 5.32 Å². The van der Waals surface area contributed by atoms with Crippen LogP contribution in [0.25, 0.3) is 0 Å². The average molecular weight is 298 g/mol. The van der Waals surface area contributed by atoms with Crippen LogP contribution in [-0.2, 0) is 9.84 Å². The van der Waals surface area contributed by atoms with Crippen molar-refractivity contribution in [1.82, 2.24) is 0 Å². The summed E-state index contributed by atoms with van der Waals surface area (Å²) >= 11 is 0. The summed E-state index contributed by atoms with van der Waals surface area (Å²) in [6, 6.07) is 17.0. The average Bonchev–Trinajstić information content (AvgIpc) is 2.50. The Morgan fingerprint density at radius 1 is 1.10 bits per heavy atom. The molecule has 0 unspecified atom stereocenters. The van der Waals surface area contributed by atoms with Gasteiger partial charge in [-0.1, -0.05) is 35.9 Å². The van der Waals surface area contributed by atoms with Gasteiger partial charge in [-0.25, -0.2) is 8.42 Å². The number of nitriles is 1. The van der Waals surface area contributed by atoms with Gasteiger partial charge in [0, 0.05) is 11.9 Å². The van der Waals surface area contributed by atoms with Crippen molar-refractivity contribution in [3.05, 3.63) is 71.3 Å². The molecular weight excluding hydrogens is 284 g/mol. The van der Waals surface area contributed by atoms with Gasteiger partial charge in [0.25, 0.3) is 0 Å². The normalized spacial score (nSPS) is 11.7. The molecule has 0 aliphatic carbocycles. The first-order valence-corrected chi connectivity index (χ1v) is 7.76. The van der Waals surface area contributed by atoms with Crippen LogP contribution < -0.4 is 5.32 Å². The van der Waals surface area contributed by atoms with Gasteiger partial charge in [-0.05, 0) is 31.2 Å². The van der Waals surface area contributed by atoms with Crippen LogP contribution in [0.2, 0.25) is 0 Å². The number of hydrogen-bond acceptors (Lipinski definition) is 4. The second-order valence-corrected chi connectivity index (χ2v) is 6.37. The highest BCUT2D eigenvalue weighted by Gasteiger charge is 2.20. The molecule has 21 heavy (non-hydrogen) atoms. The van der Waals surface area contributed by atoms with E-state index in [0.717, 1.165) is 11.3 Å². The third kappa shape index (κ3) is 3.50. The zero-order chi connectivity index (χ0) is 15.3. The monoisotopic (exact) mass is 298 g/mol. The SMILES string of the molecule is Cc1ccc(N/C=C(\C#N)S(=O)(=O)c2ccccc2)cc1. The Morgan fingerprint density at radius 2 is 1.71 bits per heavy atom. The largest absolute Gasteiger partial charge is 0.360 e. The quantitative estimate of drug-likeness (QED) is 0.880. The van der Waals surface area contributed by atoms with E-state index in [0.29, 0.717) is 0 Å². The number of aryl methyl sites for hydroxylation is 1. The Balaban J connectivity index is 2.29. The highest BCUT2D eigenvalue weighted by atomic mass is 32.2. The first-order valence-electron chi connectivity index (χ1n) is 6.27. The molecule has 0 amide bonds. The van der Waals surface area contributed by atoms with E-state index < -0.39 is 9.84 Å². The maximum absolute atomic E-state index is 12.3. The highest BCUT2D eigenvalue weighted by Crippen LogP contribution is 2.19. The molecule has 2 rings (SSSR count). The number of allylic oxidation sites excluding steroid dienone is 1. The Morgan fingerprint density at radius 3 is 2.29 bits per heavy atom. The molecule has 0 aliphatic rings. The molecule has 0 saturated heterocycles. The summed E-state index contributed by atoms with van der Waals surface area (Å²) in [5.74, 6) is 0. The van der Waals surface area contributed by atoms with E-state index in [1.807, 2.05) is 31.2 Å². The van der Waals surface area contributed by atoms with E-state index in [-0.39, 0.29) is 9.80 Å². The maximum Gasteiger partial charge on any atom is 0.218 e. The topological polar surface area (TPSA) is 70.0 Å². The number of nitrogens with zero attached hydrogens (tertiary/aromatic N) is 1. The molecule has 1 N–H and O–H groups in total. The molecular formula is C16H14N2O2S. The summed E-state index contributed by atoms with van der Waals surface area (Å²) in [5.41, 5.74) is 1.82. The Labute approximate surface area is 124 Å². The number of sulfone groups is 1. The van der Waals surface area contributed by atoms with Crippen molar-refractivity contribution >= 4 is 15.5 Å². The fraction of sp³-hybridized carbons (Fsp3) is 0.0625. The number of rotatable bonds is 4. The standard InChI is InChI=1S/C16H14N2O2S/c1-13-7-9-14(10-8-13)18-12-16(11-17)21(19,20)15-5-3-2-4-6-15/h2-10,12,18H,1H3/b16-12+. The van der Waals surface area contributed by atoms with Crippen LogP contribution in [0.3, 0.4) is 0 Å². The first-order chi connectivity index (χ1) is 10.0. The lowest BCUT2D eigenvalue weighted by Crippen LogP contribution is -2.05. The smallest absolute Gasteiger partial charge is 0.218 e. The summed E-state index contributed by atoms with van der Waals surface area (Å²) < 4.78 is 24.6. The van der Waals surface area contributed by atoms with Crippen molar-refractivity contribution in [1.29, 1.82) is 5.26 Å². The summed E-state index contributed by atoms with van der Waals surface area (Å²) in [4.78, 5) is -0.224. The van der Waals surface area contributed by atoms with Gasteiger partial charge in [0.15, 0.2) is 4.91 Å². The fourth-order valence-corrected chi connectivity index (χ4v) is 2.80. The number of hydrogen-bond donors (Lipinski definition) is 1. The van der Waals surface area contributed by atoms with Crippen LogP contribution >= 0.6 is 0 Å². The third-order valence-electron chi connectivity index (χ3n) is 2.87. The second-order valence-electron chi connectivity index (χ2n) is 4.45. The van der Waals surface area contributed by atoms with Crippen molar-refractivity contribution < 1.29 is 8.42 Å². The van der Waals surface area contributed by atoms with Crippen molar-refractivity contribution in [2.75, 3.05) is 5.32 Å². The summed E-state index contributed by atoms with van der Waals surface area (Å²) in [7, 11) is -3.79. The maximum atomic E-state index is 12.3. The fourth-order valence-electron chi connectivity index (χ4n) is 1.70. The summed E-state index contributed by atoms with van der Waals surface area (Å²) in [6.07, 6.45) is 1.22. The van der Waals surface area contributed by atoms with Crippen molar-refractivity contribution in [2.24, 2.45) is 0 Å². The predicted octanol–water partition coefficient (Wildman–Crippen LogP) is 3.25. The molecule has 0 bridgehead atoms. The Kier molecular flexibility index (Phi) is 4.41. The van der Waals surface area contributed by atoms with Gasteiger partial charge in [0.1, 0.15) is 6.07 Å². The minimum absolute atomic E-state index is 0.100. The molecule has 2 aromatic rings. The molecule has 0 aliphatic heterocycles. The van der Waals surface area contributed by atoms with E-state index in [9.17, 15) is 8.42 Å². The van der Waals surface area contributed by atoms with E-state index in [1.54, 1.807) is 24.3 Å². The molecule has 0 saturated carbocycles. The molecule has 0 spiro atoms. The van der Waals surface area contributed by atoms with Crippen molar-refractivity contribution in [3.63, 3.8) is 0 Å². The Hall–Kier alpha value is -2.58. The minimum Gasteiger partial charge on any atom is -0.360 e. The second kappa shape index (κ2) is 6.25. The van der Waals surface area contributed by atoms with Gasteiger partial charge in [-0.15, -0.1) is 0 Å². The number of anilines is 1. The van der Waals surface area contributed by atoms with Crippen molar-refractivity contribution in [3.8, 4) is 6.07 Å².